The highest BCUT2D eigenvalue weighted by Crippen LogP contribution is 2.43. The van der Waals surface area contributed by atoms with Gasteiger partial charge in [0.2, 0.25) is 0 Å². The van der Waals surface area contributed by atoms with Gasteiger partial charge in [0.05, 0.1) is 0 Å². The van der Waals surface area contributed by atoms with Crippen molar-refractivity contribution >= 4 is 16.9 Å². The van der Waals surface area contributed by atoms with Gasteiger partial charge in [0.25, 0.3) is 0 Å². The van der Waals surface area contributed by atoms with Crippen molar-refractivity contribution in [1.29, 1.82) is 0 Å². The molecule has 1 aliphatic heterocycles. The lowest BCUT2D eigenvalue weighted by atomic mass is 9.79. The van der Waals surface area contributed by atoms with Gasteiger partial charge in [0.1, 0.15) is 0 Å². The Morgan fingerprint density at radius 3 is 2.65 bits per heavy atom. The van der Waals surface area contributed by atoms with Crippen molar-refractivity contribution in [2.45, 2.75) is 58.9 Å². The average molecular weight is 254 g/mol. The Kier molecular flexibility index (Phi) is 4.40. The molecule has 17 heavy (non-hydrogen) atoms. The lowest BCUT2D eigenvalue weighted by Crippen LogP contribution is -2.27. The summed E-state index contributed by atoms with van der Waals surface area (Å²) in [4.78, 5) is 4.85. The van der Waals surface area contributed by atoms with Crippen LogP contribution in [0, 0.1) is 11.3 Å². The average Bonchev–Trinajstić information content (AvgIpc) is 2.85. The Balaban J connectivity index is 1.94. The summed E-state index contributed by atoms with van der Waals surface area (Å²) in [5.74, 6) is 1.98. The van der Waals surface area contributed by atoms with Crippen LogP contribution in [-0.2, 0) is 0 Å². The molecule has 2 nitrogen and oxygen atoms in total. The molecule has 2 aliphatic rings. The lowest BCUT2D eigenvalue weighted by molar-refractivity contribution is 0.245. The standard InChI is InChI=1S/C14H26N2S/c1-11(2)8-14(6-4-5-7-14)10-15-13-16-12(3)9-17-13/h11-12H,4-10H2,1-3H3,(H,15,16). The normalized spacial score (nSPS) is 30.1. The van der Waals surface area contributed by atoms with E-state index in [1.54, 1.807) is 0 Å². The van der Waals surface area contributed by atoms with Crippen molar-refractivity contribution in [3.63, 3.8) is 0 Å². The van der Waals surface area contributed by atoms with Gasteiger partial charge in [-0.25, -0.2) is 0 Å². The van der Waals surface area contributed by atoms with E-state index in [0.29, 0.717) is 11.5 Å². The first-order valence-corrected chi connectivity index (χ1v) is 8.02. The minimum absolute atomic E-state index is 0.523. The number of thioether (sulfide) groups is 1. The van der Waals surface area contributed by atoms with Crippen LogP contribution < -0.4 is 5.32 Å². The minimum atomic E-state index is 0.523. The molecule has 1 aliphatic carbocycles. The molecule has 1 atom stereocenters. The van der Waals surface area contributed by atoms with Crippen molar-refractivity contribution < 1.29 is 0 Å². The van der Waals surface area contributed by atoms with E-state index in [1.807, 2.05) is 11.8 Å². The van der Waals surface area contributed by atoms with Crippen LogP contribution in [0.15, 0.2) is 4.99 Å². The maximum Gasteiger partial charge on any atom is 0.156 e. The van der Waals surface area contributed by atoms with Crippen LogP contribution in [0.25, 0.3) is 0 Å². The predicted molar refractivity (Wildman–Crippen MR) is 77.7 cm³/mol. The largest absolute Gasteiger partial charge is 0.362 e. The molecule has 98 valence electrons. The van der Waals surface area contributed by atoms with E-state index in [-0.39, 0.29) is 0 Å². The van der Waals surface area contributed by atoms with Gasteiger partial charge in [0.15, 0.2) is 5.17 Å². The summed E-state index contributed by atoms with van der Waals surface area (Å²) in [6.07, 6.45) is 6.96. The van der Waals surface area contributed by atoms with E-state index in [2.05, 4.69) is 26.1 Å². The highest BCUT2D eigenvalue weighted by molar-refractivity contribution is 8.14. The van der Waals surface area contributed by atoms with Crippen molar-refractivity contribution in [1.82, 2.24) is 5.32 Å². The number of hydrogen-bond donors (Lipinski definition) is 1. The third-order valence-corrected chi connectivity index (χ3v) is 5.09. The van der Waals surface area contributed by atoms with Gasteiger partial charge in [-0.2, -0.15) is 0 Å². The summed E-state index contributed by atoms with van der Waals surface area (Å²) in [7, 11) is 0. The van der Waals surface area contributed by atoms with E-state index in [9.17, 15) is 0 Å². The first kappa shape index (κ1) is 13.3. The minimum Gasteiger partial charge on any atom is -0.362 e. The van der Waals surface area contributed by atoms with E-state index in [0.717, 1.165) is 12.5 Å². The fraction of sp³-hybridized carbons (Fsp3) is 0.929. The van der Waals surface area contributed by atoms with E-state index >= 15 is 0 Å². The van der Waals surface area contributed by atoms with E-state index in [4.69, 9.17) is 4.99 Å². The molecule has 0 spiro atoms. The van der Waals surface area contributed by atoms with Crippen LogP contribution in [0.3, 0.4) is 0 Å². The monoisotopic (exact) mass is 254 g/mol. The summed E-state index contributed by atoms with van der Waals surface area (Å²) in [5.41, 5.74) is 0.523. The Morgan fingerprint density at radius 2 is 2.12 bits per heavy atom. The summed E-state index contributed by atoms with van der Waals surface area (Å²) < 4.78 is 0. The quantitative estimate of drug-likeness (QED) is 0.827. The number of nitrogens with one attached hydrogen (secondary N) is 1. The second-order valence-electron chi connectivity index (χ2n) is 6.28. The molecule has 0 aromatic carbocycles. The van der Waals surface area contributed by atoms with Gasteiger partial charge < -0.3 is 5.32 Å². The molecule has 1 saturated heterocycles. The highest BCUT2D eigenvalue weighted by Gasteiger charge is 2.34. The number of hydrogen-bond acceptors (Lipinski definition) is 2. The maximum atomic E-state index is 4.85. The third-order valence-electron chi connectivity index (χ3n) is 3.90. The van der Waals surface area contributed by atoms with Gasteiger partial charge in [0, 0.05) is 18.3 Å². The maximum absolute atomic E-state index is 4.85. The molecule has 1 heterocycles. The van der Waals surface area contributed by atoms with Crippen molar-refractivity contribution in [2.24, 2.45) is 16.3 Å². The Bertz CT molecular complexity index is 280. The zero-order valence-corrected chi connectivity index (χ0v) is 12.3. The molecule has 2 rings (SSSR count). The SMILES string of the molecule is CC(C)CC1(CN=C2NC(C)CS2)CCCC1. The molecule has 1 unspecified atom stereocenters. The van der Waals surface area contributed by atoms with Crippen molar-refractivity contribution in [3.05, 3.63) is 0 Å². The molecule has 3 heteroatoms. The van der Waals surface area contributed by atoms with Crippen LogP contribution in [0.4, 0.5) is 0 Å². The van der Waals surface area contributed by atoms with Crippen LogP contribution in [-0.4, -0.2) is 23.5 Å². The molecular weight excluding hydrogens is 228 g/mol. The number of aliphatic imine (C=N–C) groups is 1. The molecule has 0 aromatic rings. The number of nitrogens with zero attached hydrogens (tertiary/aromatic N) is 1. The third kappa shape index (κ3) is 3.64. The smallest absolute Gasteiger partial charge is 0.156 e. The molecule has 1 saturated carbocycles. The number of amidine groups is 1. The Hall–Kier alpha value is -0.180. The second kappa shape index (κ2) is 5.64. The molecule has 0 radical (unpaired) electrons. The summed E-state index contributed by atoms with van der Waals surface area (Å²) >= 11 is 1.89. The second-order valence-corrected chi connectivity index (χ2v) is 7.29. The Labute approximate surface area is 110 Å². The zero-order valence-electron chi connectivity index (χ0n) is 11.5. The first-order valence-electron chi connectivity index (χ1n) is 7.03. The lowest BCUT2D eigenvalue weighted by Gasteiger charge is -2.29. The fourth-order valence-electron chi connectivity index (χ4n) is 3.25. The van der Waals surface area contributed by atoms with Gasteiger partial charge in [-0.15, -0.1) is 0 Å². The molecule has 2 fully saturated rings. The molecular formula is C14H26N2S. The molecule has 0 amide bonds. The van der Waals surface area contributed by atoms with E-state index in [1.165, 1.54) is 43.0 Å². The molecule has 0 aromatic heterocycles. The van der Waals surface area contributed by atoms with Crippen molar-refractivity contribution in [2.75, 3.05) is 12.3 Å². The Morgan fingerprint density at radius 1 is 1.41 bits per heavy atom. The van der Waals surface area contributed by atoms with Crippen molar-refractivity contribution in [3.8, 4) is 0 Å². The topological polar surface area (TPSA) is 24.4 Å². The van der Waals surface area contributed by atoms with Crippen LogP contribution >= 0.6 is 11.8 Å². The van der Waals surface area contributed by atoms with Crippen LogP contribution in [0.5, 0.6) is 0 Å². The van der Waals surface area contributed by atoms with Crippen LogP contribution in [0.2, 0.25) is 0 Å². The highest BCUT2D eigenvalue weighted by atomic mass is 32.2. The van der Waals surface area contributed by atoms with Gasteiger partial charge in [-0.3, -0.25) is 4.99 Å². The summed E-state index contributed by atoms with van der Waals surface area (Å²) in [5, 5.41) is 4.65. The first-order chi connectivity index (χ1) is 8.10. The van der Waals surface area contributed by atoms with E-state index < -0.39 is 0 Å². The van der Waals surface area contributed by atoms with Gasteiger partial charge >= 0.3 is 0 Å². The summed E-state index contributed by atoms with van der Waals surface area (Å²) in [6, 6.07) is 0.600. The summed E-state index contributed by atoms with van der Waals surface area (Å²) in [6.45, 7) is 7.97. The zero-order chi connectivity index (χ0) is 12.3. The fourth-order valence-corrected chi connectivity index (χ4v) is 4.18. The molecule has 1 N–H and O–H groups in total. The molecule has 0 bridgehead atoms. The number of rotatable bonds is 4. The van der Waals surface area contributed by atoms with Gasteiger partial charge in [-0.1, -0.05) is 38.5 Å². The van der Waals surface area contributed by atoms with Gasteiger partial charge in [-0.05, 0) is 37.5 Å². The predicted octanol–water partition coefficient (Wildman–Crippen LogP) is 3.67. The van der Waals surface area contributed by atoms with Crippen LogP contribution in [0.1, 0.15) is 52.9 Å².